The number of hydrogen-bond acceptors (Lipinski definition) is 9. The summed E-state index contributed by atoms with van der Waals surface area (Å²) in [5.41, 5.74) is 0.248. The van der Waals surface area contributed by atoms with E-state index in [1.54, 1.807) is 0 Å². The molecule has 283 valence electrons. The molecule has 0 saturated carbocycles. The average Bonchev–Trinajstić information content (AvgIpc) is 2.85. The molecule has 0 bridgehead atoms. The second-order valence-electron chi connectivity index (χ2n) is 15.0. The second kappa shape index (κ2) is 41.4. The third kappa shape index (κ3) is 81.6. The molecule has 0 fully saturated rings. The van der Waals surface area contributed by atoms with Crippen molar-refractivity contribution in [3.63, 3.8) is 0 Å². The Labute approximate surface area is 372 Å². The van der Waals surface area contributed by atoms with Crippen molar-refractivity contribution in [1.29, 1.82) is 0 Å². The van der Waals surface area contributed by atoms with Gasteiger partial charge in [0.15, 0.2) is 0 Å². The van der Waals surface area contributed by atoms with Gasteiger partial charge in [0.1, 0.15) is 0 Å². The first-order valence-corrected chi connectivity index (χ1v) is 15.9. The molecule has 0 aliphatic heterocycles. The summed E-state index contributed by atoms with van der Waals surface area (Å²) in [6.45, 7) is 37.7. The summed E-state index contributed by atoms with van der Waals surface area (Å²) in [5, 5.41) is 25.0. The number of rotatable bonds is 15. The van der Waals surface area contributed by atoms with E-state index in [1.807, 2.05) is 41.5 Å². The Morgan fingerprint density at radius 1 is 0.479 bits per heavy atom. The van der Waals surface area contributed by atoms with E-state index in [4.69, 9.17) is 29.5 Å². The summed E-state index contributed by atoms with van der Waals surface area (Å²) in [6, 6.07) is 0. The van der Waals surface area contributed by atoms with Crippen molar-refractivity contribution in [3.8, 4) is 0 Å². The van der Waals surface area contributed by atoms with Crippen molar-refractivity contribution in [2.24, 2.45) is 21.7 Å². The zero-order valence-corrected chi connectivity index (χ0v) is 41.6. The summed E-state index contributed by atoms with van der Waals surface area (Å²) in [7, 11) is 0. The third-order valence-electron chi connectivity index (χ3n) is 5.34. The van der Waals surface area contributed by atoms with Crippen LogP contribution in [0.15, 0.2) is 0 Å². The van der Waals surface area contributed by atoms with Gasteiger partial charge in [-0.3, -0.25) is 0 Å². The molecule has 0 aromatic rings. The van der Waals surface area contributed by atoms with Gasteiger partial charge in [-0.15, -0.1) is 0 Å². The Morgan fingerprint density at radius 3 is 0.979 bits per heavy atom. The molecule has 0 saturated heterocycles. The smallest absolute Gasteiger partial charge is 0.0697 e. The van der Waals surface area contributed by atoms with Crippen molar-refractivity contribution in [3.05, 3.63) is 20.8 Å². The van der Waals surface area contributed by atoms with E-state index in [9.17, 15) is 14.4 Å². The van der Waals surface area contributed by atoms with E-state index < -0.39 is 0 Å². The Balaban J connectivity index is -0.0000000691. The number of hydrogen-bond donors (Lipinski definition) is 3. The molecule has 12 heteroatoms. The van der Waals surface area contributed by atoms with Crippen LogP contribution in [0.3, 0.4) is 0 Å². The first kappa shape index (κ1) is 67.8. The summed E-state index contributed by atoms with van der Waals surface area (Å²) in [5.74, 6) is -0.0763. The van der Waals surface area contributed by atoms with Crippen molar-refractivity contribution in [1.82, 2.24) is 0 Å². The number of aliphatic hydroxyl groups is 3. The summed E-state index contributed by atoms with van der Waals surface area (Å²) in [6.07, 6.45) is 4.47. The van der Waals surface area contributed by atoms with Gasteiger partial charge in [0.05, 0.1) is 39.6 Å². The van der Waals surface area contributed by atoms with Crippen molar-refractivity contribution in [2.75, 3.05) is 59.5 Å². The third-order valence-corrected chi connectivity index (χ3v) is 5.34. The molecule has 0 aromatic heterocycles. The molecule has 48 heavy (non-hydrogen) atoms. The second-order valence-corrected chi connectivity index (χ2v) is 15.0. The maximum absolute atomic E-state index is 10.4. The molecule has 0 spiro atoms. The van der Waals surface area contributed by atoms with Crippen LogP contribution in [0.25, 0.3) is 0 Å². The summed E-state index contributed by atoms with van der Waals surface area (Å²) < 4.78 is 15.1. The maximum Gasteiger partial charge on any atom is 0.0697 e. The normalized spacial score (nSPS) is 10.6. The molecule has 0 heterocycles. The van der Waals surface area contributed by atoms with Crippen LogP contribution in [0.4, 0.5) is 0 Å². The minimum Gasteiger partial charge on any atom is -0.394 e. The molecule has 0 amide bonds. The molecule has 0 aliphatic rings. The standard InChI is InChI=1S/C9H20O2.C8H18O2.C7H13O3.2C6H11O.3Y/c1-9(2,3)5-4-7-11-8-6-10;1-8(2,3)4-6-10-7-5-9;1-7(9)3-2-5-10-6-4-8;2*1-5(7)6(2,3)4;;;/h10H,4-8H2,1-3H3;9H,4-7H2,1-3H3;8H,1-6H2;2*1H2,2-4H3;;;/q;;3*-1;;;. The van der Waals surface area contributed by atoms with Crippen LogP contribution in [0.1, 0.15) is 115 Å². The van der Waals surface area contributed by atoms with Crippen LogP contribution in [0.2, 0.25) is 0 Å². The minimum absolute atomic E-state index is 0. The molecule has 0 aromatic carbocycles. The van der Waals surface area contributed by atoms with Gasteiger partial charge in [-0.1, -0.05) is 83.1 Å². The zero-order valence-electron chi connectivity index (χ0n) is 33.0. The molecule has 3 N–H and O–H groups in total. The van der Waals surface area contributed by atoms with Gasteiger partial charge in [-0.05, 0) is 59.5 Å². The van der Waals surface area contributed by atoms with Gasteiger partial charge in [0.25, 0.3) is 0 Å². The maximum atomic E-state index is 10.4. The minimum atomic E-state index is -0.250. The fourth-order valence-electron chi connectivity index (χ4n) is 1.95. The molecule has 3 radical (unpaired) electrons. The van der Waals surface area contributed by atoms with Crippen molar-refractivity contribution < 1.29 is 142 Å². The van der Waals surface area contributed by atoms with Gasteiger partial charge in [0, 0.05) is 130 Å². The van der Waals surface area contributed by atoms with Gasteiger partial charge in [-0.25, -0.2) is 0 Å². The Bertz CT molecular complexity index is 669. The topological polar surface area (TPSA) is 140 Å². The molecule has 0 aliphatic carbocycles. The predicted octanol–water partition coefficient (Wildman–Crippen LogP) is 6.30. The fraction of sp³-hybridized carbons (Fsp3) is 0.833. The van der Waals surface area contributed by atoms with Gasteiger partial charge in [0.2, 0.25) is 0 Å². The van der Waals surface area contributed by atoms with Crippen molar-refractivity contribution in [2.45, 2.75) is 115 Å². The van der Waals surface area contributed by atoms with Crippen LogP contribution in [0, 0.1) is 42.4 Å². The van der Waals surface area contributed by atoms with E-state index >= 15 is 0 Å². The molecular formula is C36H73O9Y3-3. The van der Waals surface area contributed by atoms with Crippen LogP contribution in [0.5, 0.6) is 0 Å². The van der Waals surface area contributed by atoms with E-state index in [0.29, 0.717) is 50.1 Å². The van der Waals surface area contributed by atoms with Crippen LogP contribution in [-0.4, -0.2) is 92.1 Å². The molecule has 0 atom stereocenters. The largest absolute Gasteiger partial charge is 0.394 e. The Hall–Kier alpha value is 1.69. The Kier molecular flexibility index (Phi) is 58.5. The van der Waals surface area contributed by atoms with E-state index in [0.717, 1.165) is 26.1 Å². The first-order chi connectivity index (χ1) is 20.3. The summed E-state index contributed by atoms with van der Waals surface area (Å²) >= 11 is 0. The SMILES string of the molecule is CC(C)(C)CCCOCCO.CC(C)(C)CCOCCO.[CH2-]C(=O)C(C)(C)C.[CH2-]C(=O)C(C)(C)C.[CH2-]C(=O)CCCOCCO.[Y].[Y].[Y]. The fourth-order valence-corrected chi connectivity index (χ4v) is 1.95. The van der Waals surface area contributed by atoms with Crippen LogP contribution in [-0.2, 0) is 127 Å². The van der Waals surface area contributed by atoms with E-state index in [-0.39, 0.29) is 146 Å². The Morgan fingerprint density at radius 2 is 0.750 bits per heavy atom. The number of carbonyl (C=O) groups excluding carboxylic acids is 3. The molecular weight excluding hydrogens is 843 g/mol. The van der Waals surface area contributed by atoms with Gasteiger partial charge >= 0.3 is 0 Å². The number of carbonyl (C=O) groups is 3. The van der Waals surface area contributed by atoms with Gasteiger partial charge < -0.3 is 64.7 Å². The molecule has 9 nitrogen and oxygen atoms in total. The van der Waals surface area contributed by atoms with E-state index in [1.165, 1.54) is 6.42 Å². The summed E-state index contributed by atoms with van der Waals surface area (Å²) in [4.78, 5) is 31.0. The van der Waals surface area contributed by atoms with Crippen molar-refractivity contribution >= 4 is 17.3 Å². The number of Topliss-reactive ketones (excluding diaryl/α,β-unsaturated/α-hetero) is 3. The monoisotopic (exact) mass is 916 g/mol. The average molecular weight is 917 g/mol. The number of aliphatic hydroxyl groups excluding tert-OH is 3. The first-order valence-electron chi connectivity index (χ1n) is 15.9. The quantitative estimate of drug-likeness (QED) is 0.128. The van der Waals surface area contributed by atoms with Crippen LogP contribution < -0.4 is 0 Å². The molecule has 0 rings (SSSR count). The number of ether oxygens (including phenoxy) is 3. The zero-order chi connectivity index (χ0) is 36.8. The number of ketones is 3. The van der Waals surface area contributed by atoms with Crippen LogP contribution >= 0.6 is 0 Å². The van der Waals surface area contributed by atoms with E-state index in [2.05, 4.69) is 62.3 Å². The predicted molar refractivity (Wildman–Crippen MR) is 186 cm³/mol. The molecule has 0 unspecified atom stereocenters. The van der Waals surface area contributed by atoms with Gasteiger partial charge in [-0.2, -0.15) is 0 Å².